The van der Waals surface area contributed by atoms with Gasteiger partial charge < -0.3 is 4.74 Å². The van der Waals surface area contributed by atoms with E-state index >= 15 is 0 Å². The number of nitrogens with zero attached hydrogens (tertiary/aromatic N) is 1. The van der Waals surface area contributed by atoms with Crippen LogP contribution in [-0.2, 0) is 0 Å². The van der Waals surface area contributed by atoms with Crippen molar-refractivity contribution in [3.8, 4) is 5.75 Å². The topological polar surface area (TPSA) is 29.5 Å². The molecule has 0 radical (unpaired) electrons. The van der Waals surface area contributed by atoms with Crippen LogP contribution in [0, 0.1) is 5.82 Å². The van der Waals surface area contributed by atoms with E-state index < -0.39 is 5.82 Å². The van der Waals surface area contributed by atoms with Gasteiger partial charge in [-0.3, -0.25) is 9.69 Å². The van der Waals surface area contributed by atoms with Gasteiger partial charge >= 0.3 is 0 Å². The van der Waals surface area contributed by atoms with Gasteiger partial charge in [-0.05, 0) is 45.0 Å². The Balaban J connectivity index is 2.79. The lowest BCUT2D eigenvalue weighted by atomic mass is 10.1. The number of carbonyl (C=O) groups excluding carboxylic acids is 1. The van der Waals surface area contributed by atoms with E-state index in [9.17, 15) is 9.18 Å². The molecular weight excluding hydrogens is 245 g/mol. The Bertz CT molecular complexity index is 432. The highest BCUT2D eigenvalue weighted by atomic mass is 19.1. The number of Topliss-reactive ketones (excluding diaryl/α,β-unsaturated/α-hetero) is 1. The van der Waals surface area contributed by atoms with Crippen molar-refractivity contribution in [3.05, 3.63) is 29.6 Å². The van der Waals surface area contributed by atoms with Gasteiger partial charge in [-0.2, -0.15) is 0 Å². The number of benzene rings is 1. The average molecular weight is 267 g/mol. The molecule has 0 unspecified atom stereocenters. The standard InChI is InChI=1S/C15H22FNO2/c1-5-8-17(11(2)3)10-14(18)12-6-7-15(19-4)13(16)9-12/h6-7,9,11H,5,8,10H2,1-4H3. The van der Waals surface area contributed by atoms with Crippen LogP contribution in [0.3, 0.4) is 0 Å². The molecule has 4 heteroatoms. The molecule has 0 N–H and O–H groups in total. The fourth-order valence-electron chi connectivity index (χ4n) is 1.92. The SMILES string of the molecule is CCCN(CC(=O)c1ccc(OC)c(F)c1)C(C)C. The van der Waals surface area contributed by atoms with Gasteiger partial charge in [0.15, 0.2) is 17.3 Å². The lowest BCUT2D eigenvalue weighted by Gasteiger charge is -2.25. The maximum absolute atomic E-state index is 13.6. The number of ether oxygens (including phenoxy) is 1. The highest BCUT2D eigenvalue weighted by molar-refractivity contribution is 5.97. The molecule has 0 atom stereocenters. The number of halogens is 1. The maximum Gasteiger partial charge on any atom is 0.176 e. The molecule has 0 aromatic heterocycles. The molecule has 1 aromatic rings. The summed E-state index contributed by atoms with van der Waals surface area (Å²) in [5.74, 6) is -0.408. The van der Waals surface area contributed by atoms with E-state index in [2.05, 4.69) is 25.7 Å². The van der Waals surface area contributed by atoms with Gasteiger partial charge in [0.2, 0.25) is 0 Å². The van der Waals surface area contributed by atoms with E-state index in [0.29, 0.717) is 18.2 Å². The molecule has 0 aliphatic heterocycles. The monoisotopic (exact) mass is 267 g/mol. The Morgan fingerprint density at radius 1 is 1.42 bits per heavy atom. The number of hydrogen-bond donors (Lipinski definition) is 0. The number of rotatable bonds is 7. The first-order chi connectivity index (χ1) is 8.99. The minimum Gasteiger partial charge on any atom is -0.494 e. The Labute approximate surface area is 114 Å². The van der Waals surface area contributed by atoms with Crippen LogP contribution in [0.5, 0.6) is 5.75 Å². The zero-order valence-corrected chi connectivity index (χ0v) is 12.1. The zero-order valence-electron chi connectivity index (χ0n) is 12.1. The van der Waals surface area contributed by atoms with Crippen molar-refractivity contribution in [1.29, 1.82) is 0 Å². The van der Waals surface area contributed by atoms with Crippen LogP contribution in [0.4, 0.5) is 4.39 Å². The molecule has 0 saturated heterocycles. The molecule has 1 rings (SSSR count). The van der Waals surface area contributed by atoms with Crippen LogP contribution < -0.4 is 4.74 Å². The molecule has 0 bridgehead atoms. The van der Waals surface area contributed by atoms with Crippen molar-refractivity contribution in [1.82, 2.24) is 4.90 Å². The van der Waals surface area contributed by atoms with Gasteiger partial charge in [-0.1, -0.05) is 6.92 Å². The van der Waals surface area contributed by atoms with E-state index in [-0.39, 0.29) is 11.5 Å². The van der Waals surface area contributed by atoms with Crippen LogP contribution >= 0.6 is 0 Å². The molecule has 0 amide bonds. The Hall–Kier alpha value is -1.42. The second kappa shape index (κ2) is 7.24. The van der Waals surface area contributed by atoms with Crippen LogP contribution in [-0.4, -0.2) is 36.9 Å². The van der Waals surface area contributed by atoms with E-state index in [1.165, 1.54) is 19.2 Å². The predicted molar refractivity (Wildman–Crippen MR) is 74.3 cm³/mol. The summed E-state index contributed by atoms with van der Waals surface area (Å²) in [4.78, 5) is 14.2. The lowest BCUT2D eigenvalue weighted by molar-refractivity contribution is 0.0905. The largest absolute Gasteiger partial charge is 0.494 e. The Morgan fingerprint density at radius 3 is 2.58 bits per heavy atom. The number of methoxy groups -OCH3 is 1. The van der Waals surface area contributed by atoms with Crippen molar-refractivity contribution in [3.63, 3.8) is 0 Å². The molecule has 0 spiro atoms. The minimum atomic E-state index is -0.500. The Kier molecular flexibility index (Phi) is 5.96. The minimum absolute atomic E-state index is 0.0660. The summed E-state index contributed by atoms with van der Waals surface area (Å²) in [5, 5.41) is 0. The van der Waals surface area contributed by atoms with Gasteiger partial charge in [0.05, 0.1) is 13.7 Å². The van der Waals surface area contributed by atoms with E-state index in [0.717, 1.165) is 13.0 Å². The van der Waals surface area contributed by atoms with Crippen molar-refractivity contribution in [2.45, 2.75) is 33.2 Å². The van der Waals surface area contributed by atoms with Crippen LogP contribution in [0.15, 0.2) is 18.2 Å². The van der Waals surface area contributed by atoms with Crippen LogP contribution in [0.2, 0.25) is 0 Å². The fourth-order valence-corrected chi connectivity index (χ4v) is 1.92. The zero-order chi connectivity index (χ0) is 14.4. The van der Waals surface area contributed by atoms with Crippen molar-refractivity contribution < 1.29 is 13.9 Å². The third-order valence-corrected chi connectivity index (χ3v) is 3.06. The number of carbonyl (C=O) groups is 1. The summed E-state index contributed by atoms with van der Waals surface area (Å²) >= 11 is 0. The summed E-state index contributed by atoms with van der Waals surface area (Å²) < 4.78 is 18.4. The van der Waals surface area contributed by atoms with Gasteiger partial charge in [0.1, 0.15) is 0 Å². The predicted octanol–water partition coefficient (Wildman–Crippen LogP) is 3.14. The second-order valence-corrected chi connectivity index (χ2v) is 4.84. The highest BCUT2D eigenvalue weighted by Crippen LogP contribution is 2.18. The third-order valence-electron chi connectivity index (χ3n) is 3.06. The van der Waals surface area contributed by atoms with Crippen LogP contribution in [0.1, 0.15) is 37.6 Å². The van der Waals surface area contributed by atoms with Gasteiger partial charge in [-0.25, -0.2) is 4.39 Å². The first-order valence-corrected chi connectivity index (χ1v) is 6.60. The molecule has 3 nitrogen and oxygen atoms in total. The molecular formula is C15H22FNO2. The lowest BCUT2D eigenvalue weighted by Crippen LogP contribution is -2.36. The van der Waals surface area contributed by atoms with Gasteiger partial charge in [-0.15, -0.1) is 0 Å². The first kappa shape index (κ1) is 15.6. The van der Waals surface area contributed by atoms with Crippen molar-refractivity contribution in [2.24, 2.45) is 0 Å². The van der Waals surface area contributed by atoms with Gasteiger partial charge in [0.25, 0.3) is 0 Å². The summed E-state index contributed by atoms with van der Waals surface area (Å²) in [6, 6.07) is 4.63. The number of ketones is 1. The first-order valence-electron chi connectivity index (χ1n) is 6.60. The normalized spacial score (nSPS) is 11.1. The average Bonchev–Trinajstić information content (AvgIpc) is 2.37. The van der Waals surface area contributed by atoms with E-state index in [4.69, 9.17) is 4.74 Å². The summed E-state index contributed by atoms with van der Waals surface area (Å²) in [6.07, 6.45) is 0.989. The van der Waals surface area contributed by atoms with E-state index in [1.54, 1.807) is 6.07 Å². The molecule has 106 valence electrons. The summed E-state index contributed by atoms with van der Waals surface area (Å²) in [5.41, 5.74) is 0.389. The maximum atomic E-state index is 13.6. The molecule has 0 fully saturated rings. The van der Waals surface area contributed by atoms with E-state index in [1.807, 2.05) is 0 Å². The van der Waals surface area contributed by atoms with Crippen molar-refractivity contribution >= 4 is 5.78 Å². The molecule has 0 aliphatic rings. The summed E-state index contributed by atoms with van der Waals surface area (Å²) in [7, 11) is 1.40. The Morgan fingerprint density at radius 2 is 2.11 bits per heavy atom. The third kappa shape index (κ3) is 4.31. The fraction of sp³-hybridized carbons (Fsp3) is 0.533. The van der Waals surface area contributed by atoms with Crippen molar-refractivity contribution in [2.75, 3.05) is 20.2 Å². The highest BCUT2D eigenvalue weighted by Gasteiger charge is 2.16. The molecule has 0 heterocycles. The molecule has 1 aromatic carbocycles. The van der Waals surface area contributed by atoms with Gasteiger partial charge in [0, 0.05) is 11.6 Å². The van der Waals surface area contributed by atoms with Crippen LogP contribution in [0.25, 0.3) is 0 Å². The summed E-state index contributed by atoms with van der Waals surface area (Å²) in [6.45, 7) is 7.36. The number of hydrogen-bond acceptors (Lipinski definition) is 3. The second-order valence-electron chi connectivity index (χ2n) is 4.84. The quantitative estimate of drug-likeness (QED) is 0.711. The molecule has 0 aliphatic carbocycles. The molecule has 19 heavy (non-hydrogen) atoms. The smallest absolute Gasteiger partial charge is 0.176 e. The molecule has 0 saturated carbocycles.